The number of hydrogen-bond acceptors (Lipinski definition) is 5. The van der Waals surface area contributed by atoms with Crippen molar-refractivity contribution < 1.29 is 8.42 Å². The minimum Gasteiger partial charge on any atom is -0.310 e. The Morgan fingerprint density at radius 3 is 2.50 bits per heavy atom. The zero-order valence-electron chi connectivity index (χ0n) is 10.2. The zero-order chi connectivity index (χ0) is 12.6. The Kier molecular flexibility index (Phi) is 3.07. The predicted octanol–water partition coefficient (Wildman–Crippen LogP) is 0.631. The lowest BCUT2D eigenvalue weighted by Crippen LogP contribution is -2.16. The van der Waals surface area contributed by atoms with Crippen LogP contribution in [-0.2, 0) is 16.4 Å². The van der Waals surface area contributed by atoms with Crippen LogP contribution in [0.15, 0.2) is 12.4 Å². The van der Waals surface area contributed by atoms with E-state index in [0.717, 1.165) is 12.1 Å². The zero-order valence-corrected chi connectivity index (χ0v) is 11.0. The van der Waals surface area contributed by atoms with Crippen molar-refractivity contribution in [2.75, 3.05) is 11.5 Å². The fraction of sp³-hybridized carbons (Fsp3) is 0.667. The Morgan fingerprint density at radius 1 is 1.22 bits per heavy atom. The van der Waals surface area contributed by atoms with E-state index in [-0.39, 0.29) is 17.4 Å². The number of sulfone groups is 1. The molecule has 1 aliphatic heterocycles. The van der Waals surface area contributed by atoms with E-state index in [2.05, 4.69) is 15.3 Å². The molecular weight excluding hydrogens is 250 g/mol. The second kappa shape index (κ2) is 4.59. The molecule has 0 aromatic carbocycles. The Balaban J connectivity index is 1.63. The lowest BCUT2D eigenvalue weighted by atomic mass is 10.1. The fourth-order valence-corrected chi connectivity index (χ4v) is 3.95. The molecular formula is C12H17N3O2S. The van der Waals surface area contributed by atoms with Gasteiger partial charge in [0, 0.05) is 36.5 Å². The Bertz CT molecular complexity index is 523. The highest BCUT2D eigenvalue weighted by molar-refractivity contribution is 7.91. The van der Waals surface area contributed by atoms with Crippen molar-refractivity contribution in [3.8, 4) is 0 Å². The molecule has 0 spiro atoms. The summed E-state index contributed by atoms with van der Waals surface area (Å²) in [5.41, 5.74) is 1.06. The topological polar surface area (TPSA) is 72.0 Å². The van der Waals surface area contributed by atoms with Gasteiger partial charge in [0.1, 0.15) is 5.82 Å². The molecule has 1 aromatic rings. The van der Waals surface area contributed by atoms with Crippen molar-refractivity contribution in [2.24, 2.45) is 0 Å². The number of nitrogens with one attached hydrogen (secondary N) is 1. The summed E-state index contributed by atoms with van der Waals surface area (Å²) in [6.07, 6.45) is 6.80. The maximum absolute atomic E-state index is 11.4. The van der Waals surface area contributed by atoms with Crippen molar-refractivity contribution in [1.29, 1.82) is 0 Å². The van der Waals surface area contributed by atoms with Crippen molar-refractivity contribution in [3.63, 3.8) is 0 Å². The van der Waals surface area contributed by atoms with Crippen LogP contribution in [0.4, 0.5) is 0 Å². The number of aromatic nitrogens is 2. The third kappa shape index (κ3) is 2.87. The lowest BCUT2D eigenvalue weighted by Gasteiger charge is -2.07. The normalized spacial score (nSPS) is 26.3. The first-order chi connectivity index (χ1) is 8.62. The minimum atomic E-state index is -2.86. The Labute approximate surface area is 107 Å². The van der Waals surface area contributed by atoms with Gasteiger partial charge in [-0.25, -0.2) is 18.4 Å². The maximum Gasteiger partial charge on any atom is 0.151 e. The molecule has 5 nitrogen and oxygen atoms in total. The molecule has 3 rings (SSSR count). The third-order valence-electron chi connectivity index (χ3n) is 3.50. The van der Waals surface area contributed by atoms with Gasteiger partial charge in [-0.1, -0.05) is 0 Å². The molecule has 6 heteroatoms. The molecule has 1 saturated carbocycles. The molecule has 1 aromatic heterocycles. The Morgan fingerprint density at radius 2 is 1.94 bits per heavy atom. The maximum atomic E-state index is 11.4. The van der Waals surface area contributed by atoms with Gasteiger partial charge >= 0.3 is 0 Å². The van der Waals surface area contributed by atoms with E-state index in [1.165, 1.54) is 12.8 Å². The van der Waals surface area contributed by atoms with Gasteiger partial charge in [-0.3, -0.25) is 0 Å². The summed E-state index contributed by atoms with van der Waals surface area (Å²) in [6.45, 7) is 0.800. The molecule has 2 heterocycles. The summed E-state index contributed by atoms with van der Waals surface area (Å²) in [4.78, 5) is 8.62. The number of nitrogens with zero attached hydrogens (tertiary/aromatic N) is 2. The largest absolute Gasteiger partial charge is 0.310 e. The standard InChI is InChI=1S/C12H17N3O2S/c16-18(17)4-3-10(8-18)12-14-6-9(7-15-12)5-13-11-1-2-11/h6-7,10-11,13H,1-5,8H2. The minimum absolute atomic E-state index is 0.0135. The van der Waals surface area contributed by atoms with E-state index in [1.807, 2.05) is 12.4 Å². The van der Waals surface area contributed by atoms with Crippen molar-refractivity contribution in [2.45, 2.75) is 37.8 Å². The molecule has 1 N–H and O–H groups in total. The molecule has 98 valence electrons. The molecule has 1 saturated heterocycles. The fourth-order valence-electron chi connectivity index (χ4n) is 2.22. The summed E-state index contributed by atoms with van der Waals surface area (Å²) >= 11 is 0. The van der Waals surface area contributed by atoms with Gasteiger partial charge in [-0.2, -0.15) is 0 Å². The monoisotopic (exact) mass is 267 g/mol. The van der Waals surface area contributed by atoms with Gasteiger partial charge in [0.05, 0.1) is 11.5 Å². The highest BCUT2D eigenvalue weighted by atomic mass is 32.2. The van der Waals surface area contributed by atoms with E-state index in [9.17, 15) is 8.42 Å². The first-order valence-electron chi connectivity index (χ1n) is 6.37. The SMILES string of the molecule is O=S1(=O)CCC(c2ncc(CNC3CC3)cn2)C1. The van der Waals surface area contributed by atoms with E-state index in [1.54, 1.807) is 0 Å². The van der Waals surface area contributed by atoms with Crippen molar-refractivity contribution >= 4 is 9.84 Å². The van der Waals surface area contributed by atoms with Gasteiger partial charge in [0.25, 0.3) is 0 Å². The van der Waals surface area contributed by atoms with Crippen LogP contribution in [0.3, 0.4) is 0 Å². The highest BCUT2D eigenvalue weighted by Gasteiger charge is 2.30. The average Bonchev–Trinajstić information content (AvgIpc) is 3.11. The molecule has 2 fully saturated rings. The molecule has 0 amide bonds. The molecule has 2 aliphatic rings. The summed E-state index contributed by atoms with van der Waals surface area (Å²) < 4.78 is 22.8. The summed E-state index contributed by atoms with van der Waals surface area (Å²) in [5, 5.41) is 3.40. The summed E-state index contributed by atoms with van der Waals surface area (Å²) in [6, 6.07) is 0.671. The van der Waals surface area contributed by atoms with E-state index < -0.39 is 9.84 Å². The second-order valence-corrected chi connectivity index (χ2v) is 7.43. The van der Waals surface area contributed by atoms with Gasteiger partial charge in [0.2, 0.25) is 0 Å². The van der Waals surface area contributed by atoms with E-state index >= 15 is 0 Å². The van der Waals surface area contributed by atoms with E-state index in [4.69, 9.17) is 0 Å². The molecule has 1 aliphatic carbocycles. The van der Waals surface area contributed by atoms with Crippen molar-refractivity contribution in [1.82, 2.24) is 15.3 Å². The smallest absolute Gasteiger partial charge is 0.151 e. The molecule has 0 bridgehead atoms. The molecule has 1 atom stereocenters. The number of hydrogen-bond donors (Lipinski definition) is 1. The van der Waals surface area contributed by atoms with Crippen LogP contribution in [0.5, 0.6) is 0 Å². The second-order valence-electron chi connectivity index (χ2n) is 5.20. The molecule has 0 radical (unpaired) electrons. The van der Waals surface area contributed by atoms with Crippen LogP contribution in [0, 0.1) is 0 Å². The van der Waals surface area contributed by atoms with Gasteiger partial charge in [-0.15, -0.1) is 0 Å². The highest BCUT2D eigenvalue weighted by Crippen LogP contribution is 2.26. The summed E-state index contributed by atoms with van der Waals surface area (Å²) in [5.74, 6) is 1.13. The van der Waals surface area contributed by atoms with Gasteiger partial charge in [-0.05, 0) is 19.3 Å². The Hall–Kier alpha value is -1.01. The van der Waals surface area contributed by atoms with E-state index in [0.29, 0.717) is 18.3 Å². The van der Waals surface area contributed by atoms with Crippen molar-refractivity contribution in [3.05, 3.63) is 23.8 Å². The van der Waals surface area contributed by atoms with Crippen LogP contribution in [0.25, 0.3) is 0 Å². The first kappa shape index (κ1) is 12.0. The third-order valence-corrected chi connectivity index (χ3v) is 5.26. The molecule has 18 heavy (non-hydrogen) atoms. The lowest BCUT2D eigenvalue weighted by molar-refractivity contribution is 0.601. The van der Waals surface area contributed by atoms with Crippen LogP contribution in [0.2, 0.25) is 0 Å². The first-order valence-corrected chi connectivity index (χ1v) is 8.19. The summed E-state index contributed by atoms with van der Waals surface area (Å²) in [7, 11) is -2.86. The number of rotatable bonds is 4. The molecule has 1 unspecified atom stereocenters. The van der Waals surface area contributed by atoms with Crippen LogP contribution in [0.1, 0.15) is 36.6 Å². The van der Waals surface area contributed by atoms with Crippen LogP contribution >= 0.6 is 0 Å². The average molecular weight is 267 g/mol. The quantitative estimate of drug-likeness (QED) is 0.866. The van der Waals surface area contributed by atoms with Gasteiger partial charge < -0.3 is 5.32 Å². The predicted molar refractivity (Wildman–Crippen MR) is 67.9 cm³/mol. The van der Waals surface area contributed by atoms with Crippen LogP contribution in [-0.4, -0.2) is 35.9 Å². The van der Waals surface area contributed by atoms with Crippen LogP contribution < -0.4 is 5.32 Å². The van der Waals surface area contributed by atoms with Gasteiger partial charge in [0.15, 0.2) is 9.84 Å².